The van der Waals surface area contributed by atoms with Crippen LogP contribution >= 0.6 is 11.8 Å². The first kappa shape index (κ1) is 12.7. The normalized spacial score (nSPS) is 20.4. The summed E-state index contributed by atoms with van der Waals surface area (Å²) in [7, 11) is 0. The minimum Gasteiger partial charge on any atom is -0.396 e. The molecule has 0 atom stereocenters. The molecule has 94 valence electrons. The van der Waals surface area contributed by atoms with Crippen LogP contribution in [0.3, 0.4) is 0 Å². The van der Waals surface area contributed by atoms with E-state index < -0.39 is 0 Å². The molecule has 4 heteroatoms. The molecule has 1 aliphatic heterocycles. The van der Waals surface area contributed by atoms with Crippen molar-refractivity contribution in [3.05, 3.63) is 29.6 Å². The number of benzene rings is 1. The predicted molar refractivity (Wildman–Crippen MR) is 72.6 cm³/mol. The molecule has 1 aliphatic rings. The number of hydrogen-bond acceptors (Lipinski definition) is 3. The lowest BCUT2D eigenvalue weighted by molar-refractivity contribution is 0.252. The zero-order chi connectivity index (χ0) is 12.5. The molecule has 2 rings (SSSR count). The van der Waals surface area contributed by atoms with Crippen molar-refractivity contribution in [2.24, 2.45) is 0 Å². The topological polar surface area (TPSA) is 29.3 Å². The Hall–Kier alpha value is -0.740. The van der Waals surface area contributed by atoms with E-state index in [2.05, 4.69) is 18.7 Å². The number of hydrogen-bond donors (Lipinski definition) is 1. The Balaban J connectivity index is 2.03. The van der Waals surface area contributed by atoms with Gasteiger partial charge >= 0.3 is 0 Å². The Bertz CT molecular complexity index is 406. The number of rotatable bonds is 2. The van der Waals surface area contributed by atoms with Crippen molar-refractivity contribution in [1.82, 2.24) is 4.90 Å². The smallest absolute Gasteiger partial charge is 0.146 e. The van der Waals surface area contributed by atoms with E-state index in [9.17, 15) is 4.39 Å². The van der Waals surface area contributed by atoms with Crippen LogP contribution in [-0.4, -0.2) is 28.5 Å². The van der Waals surface area contributed by atoms with Crippen molar-refractivity contribution in [2.45, 2.75) is 25.1 Å². The van der Waals surface area contributed by atoms with Gasteiger partial charge < -0.3 is 5.73 Å². The zero-order valence-corrected chi connectivity index (χ0v) is 11.2. The lowest BCUT2D eigenvalue weighted by atomic mass is 10.1. The van der Waals surface area contributed by atoms with Gasteiger partial charge in [-0.3, -0.25) is 4.90 Å². The highest BCUT2D eigenvalue weighted by molar-refractivity contribution is 8.00. The van der Waals surface area contributed by atoms with Crippen LogP contribution in [0.1, 0.15) is 19.4 Å². The third-order valence-corrected chi connectivity index (χ3v) is 4.27. The highest BCUT2D eigenvalue weighted by Crippen LogP contribution is 2.30. The van der Waals surface area contributed by atoms with Gasteiger partial charge in [-0.1, -0.05) is 6.07 Å². The van der Waals surface area contributed by atoms with Crippen molar-refractivity contribution < 1.29 is 4.39 Å². The van der Waals surface area contributed by atoms with Crippen molar-refractivity contribution in [1.29, 1.82) is 0 Å². The molecule has 2 nitrogen and oxygen atoms in total. The fraction of sp³-hybridized carbons (Fsp3) is 0.538. The van der Waals surface area contributed by atoms with E-state index in [-0.39, 0.29) is 11.5 Å². The van der Waals surface area contributed by atoms with Gasteiger partial charge in [-0.05, 0) is 31.5 Å². The van der Waals surface area contributed by atoms with Gasteiger partial charge in [0.25, 0.3) is 0 Å². The Morgan fingerprint density at radius 1 is 1.47 bits per heavy atom. The Kier molecular flexibility index (Phi) is 3.64. The second-order valence-corrected chi connectivity index (χ2v) is 6.98. The number of thioether (sulfide) groups is 1. The maximum Gasteiger partial charge on any atom is 0.146 e. The van der Waals surface area contributed by atoms with Gasteiger partial charge in [-0.2, -0.15) is 11.8 Å². The maximum atomic E-state index is 13.3. The summed E-state index contributed by atoms with van der Waals surface area (Å²) < 4.78 is 13.6. The Morgan fingerprint density at radius 2 is 2.24 bits per heavy atom. The van der Waals surface area contributed by atoms with E-state index >= 15 is 0 Å². The Morgan fingerprint density at radius 3 is 2.88 bits per heavy atom. The first-order valence-electron chi connectivity index (χ1n) is 5.86. The summed E-state index contributed by atoms with van der Waals surface area (Å²) in [6, 6.07) is 5.10. The minimum absolute atomic E-state index is 0.225. The summed E-state index contributed by atoms with van der Waals surface area (Å²) in [6.07, 6.45) is 0. The van der Waals surface area contributed by atoms with E-state index in [1.165, 1.54) is 0 Å². The van der Waals surface area contributed by atoms with Gasteiger partial charge in [-0.25, -0.2) is 4.39 Å². The molecule has 0 saturated carbocycles. The first-order chi connectivity index (χ1) is 7.96. The monoisotopic (exact) mass is 254 g/mol. The molecule has 0 aliphatic carbocycles. The molecule has 0 radical (unpaired) electrons. The van der Waals surface area contributed by atoms with Crippen molar-refractivity contribution in [3.8, 4) is 0 Å². The van der Waals surface area contributed by atoms with E-state index in [1.807, 2.05) is 17.8 Å². The lowest BCUT2D eigenvalue weighted by Crippen LogP contribution is -2.42. The molecule has 0 bridgehead atoms. The molecular weight excluding hydrogens is 235 g/mol. The molecule has 0 aromatic heterocycles. The predicted octanol–water partition coefficient (Wildman–Crippen LogP) is 2.74. The number of halogens is 1. The third kappa shape index (κ3) is 3.36. The summed E-state index contributed by atoms with van der Waals surface area (Å²) in [5, 5.41) is 0. The third-order valence-electron chi connectivity index (χ3n) is 2.98. The van der Waals surface area contributed by atoms with E-state index in [0.29, 0.717) is 4.75 Å². The molecule has 2 N–H and O–H groups in total. The van der Waals surface area contributed by atoms with Crippen LogP contribution in [0.4, 0.5) is 10.1 Å². The molecular formula is C13H19FN2S. The quantitative estimate of drug-likeness (QED) is 0.823. The molecule has 1 aromatic rings. The van der Waals surface area contributed by atoms with Crippen LogP contribution in [0.2, 0.25) is 0 Å². The summed E-state index contributed by atoms with van der Waals surface area (Å²) in [4.78, 5) is 2.38. The zero-order valence-electron chi connectivity index (χ0n) is 10.4. The van der Waals surface area contributed by atoms with Crippen LogP contribution in [-0.2, 0) is 6.54 Å². The summed E-state index contributed by atoms with van der Waals surface area (Å²) in [5.74, 6) is 0.831. The molecule has 1 saturated heterocycles. The fourth-order valence-corrected chi connectivity index (χ4v) is 3.35. The molecule has 1 aromatic carbocycles. The largest absolute Gasteiger partial charge is 0.396 e. The molecule has 0 unspecified atom stereocenters. The lowest BCUT2D eigenvalue weighted by Gasteiger charge is -2.37. The summed E-state index contributed by atoms with van der Waals surface area (Å²) in [6.45, 7) is 7.44. The summed E-state index contributed by atoms with van der Waals surface area (Å²) in [5.41, 5.74) is 6.70. The number of nitrogens with zero attached hydrogens (tertiary/aromatic N) is 1. The SMILES string of the molecule is CC1(C)CN(Cc2ccc(N)c(F)c2)CCS1. The van der Waals surface area contributed by atoms with Gasteiger partial charge in [0.05, 0.1) is 5.69 Å². The molecule has 0 amide bonds. The second-order valence-electron chi connectivity index (χ2n) is 5.17. The molecule has 17 heavy (non-hydrogen) atoms. The van der Waals surface area contributed by atoms with Crippen molar-refractivity contribution >= 4 is 17.4 Å². The fourth-order valence-electron chi connectivity index (χ4n) is 2.18. The number of anilines is 1. The molecule has 0 spiro atoms. The Labute approximate surface area is 106 Å². The minimum atomic E-state index is -0.312. The number of nitrogens with two attached hydrogens (primary N) is 1. The molecule has 1 heterocycles. The highest BCUT2D eigenvalue weighted by atomic mass is 32.2. The van der Waals surface area contributed by atoms with Crippen LogP contribution in [0.15, 0.2) is 18.2 Å². The van der Waals surface area contributed by atoms with E-state index in [1.54, 1.807) is 12.1 Å². The summed E-state index contributed by atoms with van der Waals surface area (Å²) >= 11 is 2.00. The van der Waals surface area contributed by atoms with Gasteiger partial charge in [-0.15, -0.1) is 0 Å². The van der Waals surface area contributed by atoms with Crippen molar-refractivity contribution in [3.63, 3.8) is 0 Å². The average Bonchev–Trinajstić information content (AvgIpc) is 2.22. The second kappa shape index (κ2) is 4.86. The van der Waals surface area contributed by atoms with E-state index in [0.717, 1.165) is 31.0 Å². The average molecular weight is 254 g/mol. The van der Waals surface area contributed by atoms with Gasteiger partial charge in [0.2, 0.25) is 0 Å². The van der Waals surface area contributed by atoms with Crippen LogP contribution < -0.4 is 5.73 Å². The maximum absolute atomic E-state index is 13.3. The van der Waals surface area contributed by atoms with E-state index in [4.69, 9.17) is 5.73 Å². The standard InChI is InChI=1S/C13H19FN2S/c1-13(2)9-16(5-6-17-13)8-10-3-4-12(15)11(14)7-10/h3-4,7H,5-6,8-9,15H2,1-2H3. The van der Waals surface area contributed by atoms with Crippen LogP contribution in [0.25, 0.3) is 0 Å². The first-order valence-corrected chi connectivity index (χ1v) is 6.85. The van der Waals surface area contributed by atoms with Gasteiger partial charge in [0.15, 0.2) is 0 Å². The van der Waals surface area contributed by atoms with Crippen LogP contribution in [0.5, 0.6) is 0 Å². The highest BCUT2D eigenvalue weighted by Gasteiger charge is 2.26. The molecule has 1 fully saturated rings. The number of nitrogen functional groups attached to an aromatic ring is 1. The van der Waals surface area contributed by atoms with Gasteiger partial charge in [0.1, 0.15) is 5.82 Å². The van der Waals surface area contributed by atoms with Crippen LogP contribution in [0, 0.1) is 5.82 Å². The van der Waals surface area contributed by atoms with Crippen molar-refractivity contribution in [2.75, 3.05) is 24.6 Å². The van der Waals surface area contributed by atoms with Gasteiger partial charge in [0, 0.05) is 30.1 Å².